The van der Waals surface area contributed by atoms with Gasteiger partial charge in [0, 0.05) is 13.1 Å². The van der Waals surface area contributed by atoms with Gasteiger partial charge in [0.1, 0.15) is 0 Å². The fraction of sp³-hybridized carbons (Fsp3) is 0.769. The minimum Gasteiger partial charge on any atom is -0.393 e. The first kappa shape index (κ1) is 15.9. The van der Waals surface area contributed by atoms with Crippen molar-refractivity contribution in [3.05, 3.63) is 0 Å². The van der Waals surface area contributed by atoms with Gasteiger partial charge in [-0.2, -0.15) is 0 Å². The molecule has 0 saturated carbocycles. The molecule has 0 spiro atoms. The van der Waals surface area contributed by atoms with Crippen LogP contribution in [0.4, 0.5) is 0 Å². The maximum absolute atomic E-state index is 11.9. The Bertz CT molecular complexity index is 341. The molecule has 2 amide bonds. The summed E-state index contributed by atoms with van der Waals surface area (Å²) in [5.74, 6) is -0.722. The van der Waals surface area contributed by atoms with Crippen LogP contribution in [0.15, 0.2) is 0 Å². The van der Waals surface area contributed by atoms with E-state index in [9.17, 15) is 9.59 Å². The summed E-state index contributed by atoms with van der Waals surface area (Å²) in [6, 6.07) is 0. The average Bonchev–Trinajstić information content (AvgIpc) is 2.42. The van der Waals surface area contributed by atoms with Gasteiger partial charge in [-0.3, -0.25) is 9.59 Å². The summed E-state index contributed by atoms with van der Waals surface area (Å²) in [7, 11) is 0. The monoisotopic (exact) mass is 285 g/mol. The zero-order chi connectivity index (χ0) is 14.3. The number of hydrogen-bond acceptors (Lipinski definition) is 3. The first-order chi connectivity index (χ1) is 9.06. The Morgan fingerprint density at radius 1 is 1.32 bits per heavy atom. The second kappa shape index (κ2) is 8.09. The summed E-state index contributed by atoms with van der Waals surface area (Å²) in [6.45, 7) is 3.60. The number of piperidine rings is 1. The van der Waals surface area contributed by atoms with Gasteiger partial charge < -0.3 is 16.0 Å². The topological polar surface area (TPSA) is 75.4 Å². The van der Waals surface area contributed by atoms with Gasteiger partial charge in [0.25, 0.3) is 0 Å². The number of amides is 2. The Morgan fingerprint density at radius 3 is 2.47 bits per heavy atom. The lowest BCUT2D eigenvalue weighted by Gasteiger charge is -2.27. The summed E-state index contributed by atoms with van der Waals surface area (Å²) >= 11 is 4.89. The van der Waals surface area contributed by atoms with E-state index in [1.54, 1.807) is 4.90 Å². The third-order valence-electron chi connectivity index (χ3n) is 3.36. The van der Waals surface area contributed by atoms with E-state index in [0.29, 0.717) is 6.42 Å². The van der Waals surface area contributed by atoms with Crippen molar-refractivity contribution in [1.82, 2.24) is 10.2 Å². The molecule has 1 heterocycles. The molecule has 0 bridgehead atoms. The van der Waals surface area contributed by atoms with Gasteiger partial charge in [0.15, 0.2) is 0 Å². The number of carbonyl (C=O) groups is 2. The van der Waals surface area contributed by atoms with Crippen LogP contribution in [0.3, 0.4) is 0 Å². The van der Waals surface area contributed by atoms with Gasteiger partial charge in [0.2, 0.25) is 11.8 Å². The smallest absolute Gasteiger partial charge is 0.241 e. The number of nitrogens with zero attached hydrogens (tertiary/aromatic N) is 1. The van der Waals surface area contributed by atoms with Crippen LogP contribution in [0.25, 0.3) is 0 Å². The lowest BCUT2D eigenvalue weighted by Crippen LogP contribution is -2.45. The van der Waals surface area contributed by atoms with Gasteiger partial charge in [-0.05, 0) is 25.7 Å². The Labute approximate surface area is 119 Å². The lowest BCUT2D eigenvalue weighted by atomic mass is 10.0. The van der Waals surface area contributed by atoms with E-state index < -0.39 is 5.92 Å². The third kappa shape index (κ3) is 5.14. The van der Waals surface area contributed by atoms with Gasteiger partial charge in [0.05, 0.1) is 17.5 Å². The van der Waals surface area contributed by atoms with Gasteiger partial charge in [-0.25, -0.2) is 0 Å². The van der Waals surface area contributed by atoms with Crippen LogP contribution < -0.4 is 11.1 Å². The molecule has 108 valence electrons. The number of rotatable bonds is 6. The van der Waals surface area contributed by atoms with E-state index in [0.717, 1.165) is 32.4 Å². The first-order valence-corrected chi connectivity index (χ1v) is 7.32. The molecule has 0 aliphatic carbocycles. The van der Waals surface area contributed by atoms with E-state index >= 15 is 0 Å². The molecule has 0 radical (unpaired) electrons. The van der Waals surface area contributed by atoms with Crippen molar-refractivity contribution in [2.45, 2.75) is 39.0 Å². The predicted octanol–water partition coefficient (Wildman–Crippen LogP) is 0.818. The van der Waals surface area contributed by atoms with Gasteiger partial charge >= 0.3 is 0 Å². The Balaban J connectivity index is 2.39. The molecular weight excluding hydrogens is 262 g/mol. The second-order valence-electron chi connectivity index (χ2n) is 4.90. The number of likely N-dealkylation sites (tertiary alicyclic amines) is 1. The molecule has 3 N–H and O–H groups in total. The number of nitrogens with one attached hydrogen (secondary N) is 1. The summed E-state index contributed by atoms with van der Waals surface area (Å²) in [6.07, 6.45) is 4.72. The molecule has 5 nitrogen and oxygen atoms in total. The van der Waals surface area contributed by atoms with Crippen LogP contribution in [0.1, 0.15) is 39.0 Å². The average molecular weight is 285 g/mol. The molecule has 1 unspecified atom stereocenters. The number of thiocarbonyl (C=S) groups is 1. The largest absolute Gasteiger partial charge is 0.393 e. The van der Waals surface area contributed by atoms with Crippen molar-refractivity contribution < 1.29 is 9.59 Å². The highest BCUT2D eigenvalue weighted by Crippen LogP contribution is 2.09. The summed E-state index contributed by atoms with van der Waals surface area (Å²) < 4.78 is 0. The van der Waals surface area contributed by atoms with E-state index in [1.165, 1.54) is 6.42 Å². The van der Waals surface area contributed by atoms with E-state index in [-0.39, 0.29) is 23.3 Å². The molecule has 0 aromatic rings. The Kier molecular flexibility index (Phi) is 6.77. The molecule has 1 rings (SSSR count). The number of nitrogens with two attached hydrogens (primary N) is 1. The van der Waals surface area contributed by atoms with Gasteiger partial charge in [-0.15, -0.1) is 0 Å². The van der Waals surface area contributed by atoms with Crippen molar-refractivity contribution in [1.29, 1.82) is 0 Å². The van der Waals surface area contributed by atoms with Crippen molar-refractivity contribution in [2.24, 2.45) is 11.7 Å². The Morgan fingerprint density at radius 2 is 1.95 bits per heavy atom. The highest BCUT2D eigenvalue weighted by atomic mass is 32.1. The van der Waals surface area contributed by atoms with E-state index in [1.807, 2.05) is 6.92 Å². The third-order valence-corrected chi connectivity index (χ3v) is 3.64. The highest BCUT2D eigenvalue weighted by molar-refractivity contribution is 7.80. The minimum absolute atomic E-state index is 0.0220. The van der Waals surface area contributed by atoms with Crippen molar-refractivity contribution >= 4 is 29.0 Å². The molecule has 6 heteroatoms. The molecule has 0 aromatic heterocycles. The SMILES string of the molecule is CCCC(C(=O)NCC(=O)N1CCCCC1)C(N)=S. The lowest BCUT2D eigenvalue weighted by molar-refractivity contribution is -0.134. The van der Waals surface area contributed by atoms with Crippen LogP contribution >= 0.6 is 12.2 Å². The molecular formula is C13H23N3O2S. The molecule has 1 aliphatic rings. The minimum atomic E-state index is -0.464. The molecule has 0 aromatic carbocycles. The summed E-state index contributed by atoms with van der Waals surface area (Å²) in [4.78, 5) is 25.8. The van der Waals surface area contributed by atoms with Crippen LogP contribution in [0.2, 0.25) is 0 Å². The summed E-state index contributed by atoms with van der Waals surface area (Å²) in [5, 5.41) is 2.65. The normalized spacial score (nSPS) is 16.8. The predicted molar refractivity (Wildman–Crippen MR) is 78.6 cm³/mol. The second-order valence-corrected chi connectivity index (χ2v) is 5.37. The van der Waals surface area contributed by atoms with Crippen LogP contribution in [-0.4, -0.2) is 41.3 Å². The van der Waals surface area contributed by atoms with Gasteiger partial charge in [-0.1, -0.05) is 25.6 Å². The molecule has 1 atom stereocenters. The molecule has 19 heavy (non-hydrogen) atoms. The fourth-order valence-corrected chi connectivity index (χ4v) is 2.46. The van der Waals surface area contributed by atoms with Crippen molar-refractivity contribution in [3.8, 4) is 0 Å². The zero-order valence-corrected chi connectivity index (χ0v) is 12.3. The van der Waals surface area contributed by atoms with E-state index in [4.69, 9.17) is 18.0 Å². The number of hydrogen-bond donors (Lipinski definition) is 2. The maximum atomic E-state index is 11.9. The summed E-state index contributed by atoms with van der Waals surface area (Å²) in [5.41, 5.74) is 5.55. The molecule has 1 saturated heterocycles. The fourth-order valence-electron chi connectivity index (χ4n) is 2.23. The van der Waals surface area contributed by atoms with Crippen LogP contribution in [0.5, 0.6) is 0 Å². The first-order valence-electron chi connectivity index (χ1n) is 6.91. The number of carbonyl (C=O) groups excluding carboxylic acids is 2. The Hall–Kier alpha value is -1.17. The standard InChI is InChI=1S/C13H23N3O2S/c1-2-6-10(12(14)19)13(18)15-9-11(17)16-7-4-3-5-8-16/h10H,2-9H2,1H3,(H2,14,19)(H,15,18). The quantitative estimate of drug-likeness (QED) is 0.708. The van der Waals surface area contributed by atoms with E-state index in [2.05, 4.69) is 5.32 Å². The zero-order valence-electron chi connectivity index (χ0n) is 11.5. The van der Waals surface area contributed by atoms with Crippen LogP contribution in [-0.2, 0) is 9.59 Å². The maximum Gasteiger partial charge on any atom is 0.241 e. The van der Waals surface area contributed by atoms with Crippen molar-refractivity contribution in [2.75, 3.05) is 19.6 Å². The highest BCUT2D eigenvalue weighted by Gasteiger charge is 2.22. The molecule has 1 fully saturated rings. The van der Waals surface area contributed by atoms with Crippen molar-refractivity contribution in [3.63, 3.8) is 0 Å². The van der Waals surface area contributed by atoms with Crippen LogP contribution in [0, 0.1) is 5.92 Å². The molecule has 1 aliphatic heterocycles.